The van der Waals surface area contributed by atoms with E-state index in [9.17, 15) is 43.2 Å². The number of nitrogens with zero attached hydrogens (tertiary/aromatic N) is 1. The second-order valence-electron chi connectivity index (χ2n) is 26.4. The van der Waals surface area contributed by atoms with E-state index in [2.05, 4.69) is 4.74 Å². The van der Waals surface area contributed by atoms with Crippen LogP contribution in [0.25, 0.3) is 0 Å². The topological polar surface area (TPSA) is 409 Å². The number of esters is 9. The first-order valence-electron chi connectivity index (χ1n) is 37.9. The summed E-state index contributed by atoms with van der Waals surface area (Å²) in [5.41, 5.74) is -0.940. The van der Waals surface area contributed by atoms with Crippen LogP contribution >= 0.6 is 0 Å². The normalized spacial score (nSPS) is 13.3. The van der Waals surface area contributed by atoms with Crippen LogP contribution in [0.1, 0.15) is 230 Å². The molecule has 0 aliphatic carbocycles. The maximum absolute atomic E-state index is 11.3. The SMILES string of the molecule is CCC(C)(C)C(=O)OCC(O)CO.CCC(C)(C)C(=O)OCCO.CCC(C)C(=O)OC(C)CO.CCC(C)C(=O)OCC(C)O.CCC(C)C(=O)OCCCCO.CCC(C)C(=O)OCCN(C)C.CCC(C)C(=O)OCCO.CCC(C)C(=O)OCCOC.CCOCCOCCOC(=O)C(C)CC. The number of likely N-dealkylation sites (N-methyl/N-ethyl adjacent to an activating group) is 1. The Bertz CT molecular complexity index is 2060. The molecule has 106 heavy (non-hydrogen) atoms. The van der Waals surface area contributed by atoms with E-state index in [0.29, 0.717) is 72.3 Å². The van der Waals surface area contributed by atoms with Gasteiger partial charge in [0.1, 0.15) is 58.5 Å². The van der Waals surface area contributed by atoms with Crippen molar-refractivity contribution in [1.29, 1.82) is 0 Å². The van der Waals surface area contributed by atoms with Gasteiger partial charge in [0.25, 0.3) is 0 Å². The summed E-state index contributed by atoms with van der Waals surface area (Å²) in [5.74, 6) is -1.92. The van der Waals surface area contributed by atoms with E-state index in [1.165, 1.54) is 0 Å². The number of hydrogen-bond acceptors (Lipinski definition) is 29. The number of hydrogen-bond donors (Lipinski definition) is 7. The van der Waals surface area contributed by atoms with Gasteiger partial charge in [-0.3, -0.25) is 43.2 Å². The lowest BCUT2D eigenvalue weighted by molar-refractivity contribution is -0.158. The number of methoxy groups -OCH3 is 1. The summed E-state index contributed by atoms with van der Waals surface area (Å²) < 4.78 is 58.7. The van der Waals surface area contributed by atoms with Gasteiger partial charge in [-0.05, 0) is 133 Å². The van der Waals surface area contributed by atoms with E-state index in [0.717, 1.165) is 64.3 Å². The molecule has 0 amide bonds. The van der Waals surface area contributed by atoms with Gasteiger partial charge in [0.2, 0.25) is 0 Å². The van der Waals surface area contributed by atoms with Crippen LogP contribution in [-0.2, 0) is 100.0 Å². The number of carbonyl (C=O) groups excluding carboxylic acids is 9. The van der Waals surface area contributed by atoms with E-state index in [1.807, 2.05) is 144 Å². The second kappa shape index (κ2) is 82.3. The van der Waals surface area contributed by atoms with Crippen molar-refractivity contribution in [2.75, 3.05) is 147 Å². The first kappa shape index (κ1) is 119. The lowest BCUT2D eigenvalue weighted by Gasteiger charge is -2.21. The van der Waals surface area contributed by atoms with Crippen molar-refractivity contribution in [2.45, 2.75) is 248 Å². The van der Waals surface area contributed by atoms with Gasteiger partial charge in [0.05, 0.1) is 118 Å². The summed E-state index contributed by atoms with van der Waals surface area (Å²) in [7, 11) is 5.49. The van der Waals surface area contributed by atoms with Crippen molar-refractivity contribution in [3.63, 3.8) is 0 Å². The standard InChI is InChI=1S/C11H22O4.C9H19NO2.C9H18O4.C9H18O3.4C8H16O3.C7H14O3/c1-4-10(3)11(12)15-9-8-14-7-6-13-5-2;1-5-8(2)9(11)12-7-6-10(3)4;1-4-9(2,3)8(12)13-6-7(11)5-10;1-3-8(2)9(11)12-7-5-4-6-10;1-4-8(2,3)7(10)11-6-5-9;1-4-7(2)8(9)11-6-5-10-3;1-4-6(2)8(10)11-5-7(3)9;1-4-6(2)8(10)11-7(3)5-9;1-3-6(2)7(9)10-5-4-8/h10H,4-9H2,1-3H3;8H,5-7H2,1-4H3;7,10-11H,4-6H2,1-3H3;8,10H,3-7H2,1-2H3;9H,4-6H2,1-3H3;7H,4-6H2,1-3H3;2*6-7,9H,4-5H2,1-3H3;6,8H,3-5H2,1-2H3. The highest BCUT2D eigenvalue weighted by molar-refractivity contribution is 5.77. The van der Waals surface area contributed by atoms with E-state index in [1.54, 1.807) is 41.7 Å². The van der Waals surface area contributed by atoms with E-state index in [4.69, 9.17) is 87.9 Å². The van der Waals surface area contributed by atoms with Gasteiger partial charge in [-0.25, -0.2) is 0 Å². The van der Waals surface area contributed by atoms with Gasteiger partial charge in [0.15, 0.2) is 0 Å². The third-order valence-corrected chi connectivity index (χ3v) is 15.5. The Kier molecular flexibility index (Phi) is 92.5. The molecule has 0 radical (unpaired) electrons. The average Bonchev–Trinajstić information content (AvgIpc) is 0.888. The molecule has 0 spiro atoms. The molecule has 29 nitrogen and oxygen atoms in total. The van der Waals surface area contributed by atoms with Gasteiger partial charge >= 0.3 is 53.7 Å². The summed E-state index contributed by atoms with van der Waals surface area (Å²) >= 11 is 0. The molecule has 0 aliphatic rings. The molecule has 0 saturated carbocycles. The minimum Gasteiger partial charge on any atom is -0.465 e. The van der Waals surface area contributed by atoms with Crippen molar-refractivity contribution in [3.05, 3.63) is 0 Å². The lowest BCUT2D eigenvalue weighted by Crippen LogP contribution is -2.30. The highest BCUT2D eigenvalue weighted by Crippen LogP contribution is 2.22. The van der Waals surface area contributed by atoms with Crippen LogP contribution in [0.4, 0.5) is 0 Å². The maximum Gasteiger partial charge on any atom is 0.311 e. The Morgan fingerprint density at radius 3 is 1.02 bits per heavy atom. The molecule has 7 N–H and O–H groups in total. The Morgan fingerprint density at radius 1 is 0.358 bits per heavy atom. The number of aliphatic hydroxyl groups excluding tert-OH is 7. The van der Waals surface area contributed by atoms with Crippen molar-refractivity contribution in [2.24, 2.45) is 52.3 Å². The Balaban J connectivity index is -0.000000143. The van der Waals surface area contributed by atoms with Crippen LogP contribution in [0.2, 0.25) is 0 Å². The summed E-state index contributed by atoms with van der Waals surface area (Å²) in [4.78, 5) is 102. The summed E-state index contributed by atoms with van der Waals surface area (Å²) in [6, 6.07) is 0. The van der Waals surface area contributed by atoms with Gasteiger partial charge in [0, 0.05) is 26.9 Å². The lowest BCUT2D eigenvalue weighted by atomic mass is 9.91. The second-order valence-corrected chi connectivity index (χ2v) is 26.4. The van der Waals surface area contributed by atoms with Crippen molar-refractivity contribution < 1.29 is 136 Å². The van der Waals surface area contributed by atoms with Crippen LogP contribution in [-0.4, -0.2) is 259 Å². The first-order valence-corrected chi connectivity index (χ1v) is 37.9. The molecule has 636 valence electrons. The molecule has 0 bridgehead atoms. The molecule has 0 rings (SSSR count). The van der Waals surface area contributed by atoms with Gasteiger partial charge < -0.3 is 97.5 Å². The van der Waals surface area contributed by atoms with E-state index < -0.39 is 23.0 Å². The molecular formula is C77H155NO28. The smallest absolute Gasteiger partial charge is 0.311 e. The molecule has 0 heterocycles. The highest BCUT2D eigenvalue weighted by atomic mass is 16.6. The molecule has 0 saturated heterocycles. The van der Waals surface area contributed by atoms with Crippen LogP contribution < -0.4 is 0 Å². The molecule has 29 heteroatoms. The zero-order chi connectivity index (χ0) is 84.2. The highest BCUT2D eigenvalue weighted by Gasteiger charge is 2.28. The van der Waals surface area contributed by atoms with Crippen LogP contribution in [0, 0.1) is 52.3 Å². The fraction of sp³-hybridized carbons (Fsp3) is 0.883. The summed E-state index contributed by atoms with van der Waals surface area (Å²) in [6.45, 7) is 47.6. The largest absolute Gasteiger partial charge is 0.465 e. The number of ether oxygens (including phenoxy) is 12. The number of unbranched alkanes of at least 4 members (excludes halogenated alkanes) is 1. The van der Waals surface area contributed by atoms with Crippen molar-refractivity contribution >= 4 is 53.7 Å². The van der Waals surface area contributed by atoms with Crippen LogP contribution in [0.5, 0.6) is 0 Å². The van der Waals surface area contributed by atoms with Gasteiger partial charge in [-0.15, -0.1) is 0 Å². The minimum atomic E-state index is -0.975. The van der Waals surface area contributed by atoms with Crippen LogP contribution in [0.3, 0.4) is 0 Å². The zero-order valence-electron chi connectivity index (χ0n) is 70.6. The predicted molar refractivity (Wildman–Crippen MR) is 408 cm³/mol. The van der Waals surface area contributed by atoms with Gasteiger partial charge in [-0.2, -0.15) is 0 Å². The molecule has 0 aromatic heterocycles. The molecule has 10 atom stereocenters. The van der Waals surface area contributed by atoms with E-state index >= 15 is 0 Å². The fourth-order valence-corrected chi connectivity index (χ4v) is 5.27. The predicted octanol–water partition coefficient (Wildman–Crippen LogP) is 9.09. The quantitative estimate of drug-likeness (QED) is 0.0170. The van der Waals surface area contributed by atoms with Crippen molar-refractivity contribution in [1.82, 2.24) is 4.90 Å². The maximum atomic E-state index is 11.3. The summed E-state index contributed by atoms with van der Waals surface area (Å²) in [5, 5.41) is 59.8. The Labute approximate surface area is 639 Å². The number of carbonyl (C=O) groups is 9. The number of aliphatic hydroxyl groups is 7. The van der Waals surface area contributed by atoms with Gasteiger partial charge in [-0.1, -0.05) is 111 Å². The molecule has 0 aromatic rings. The first-order chi connectivity index (χ1) is 49.6. The van der Waals surface area contributed by atoms with Crippen LogP contribution in [0.15, 0.2) is 0 Å². The average molecular weight is 1540 g/mol. The molecular weight excluding hydrogens is 1390 g/mol. The fourth-order valence-electron chi connectivity index (χ4n) is 5.27. The Morgan fingerprint density at radius 2 is 0.689 bits per heavy atom. The third-order valence-electron chi connectivity index (χ3n) is 15.5. The van der Waals surface area contributed by atoms with E-state index in [-0.39, 0.29) is 161 Å². The third kappa shape index (κ3) is 82.8. The zero-order valence-corrected chi connectivity index (χ0v) is 70.6. The minimum absolute atomic E-state index is 0.000809. The summed E-state index contributed by atoms with van der Waals surface area (Å²) in [6.07, 6.45) is 6.59. The molecule has 0 fully saturated rings. The van der Waals surface area contributed by atoms with Crippen molar-refractivity contribution in [3.8, 4) is 0 Å². The molecule has 0 aromatic carbocycles. The monoisotopic (exact) mass is 1540 g/mol. The molecule has 10 unspecified atom stereocenters. The Hall–Kier alpha value is -5.21. The molecule has 0 aliphatic heterocycles. The number of rotatable bonds is 46.